The first-order chi connectivity index (χ1) is 10.8. The van der Waals surface area contributed by atoms with Crippen LogP contribution in [0.25, 0.3) is 0 Å². The molecule has 1 aromatic rings. The van der Waals surface area contributed by atoms with E-state index in [0.29, 0.717) is 6.42 Å². The number of amides is 1. The number of para-hydroxylation sites is 1. The van der Waals surface area contributed by atoms with Gasteiger partial charge in [0.2, 0.25) is 5.91 Å². The SMILES string of the molecule is COc1ccccc1CC(=O)NCCCCN1CCCCC1. The van der Waals surface area contributed by atoms with Gasteiger partial charge in [-0.2, -0.15) is 0 Å². The van der Waals surface area contributed by atoms with E-state index in [4.69, 9.17) is 4.74 Å². The zero-order chi connectivity index (χ0) is 15.6. The molecule has 1 aliphatic heterocycles. The third kappa shape index (κ3) is 5.68. The molecule has 4 heteroatoms. The molecule has 0 aliphatic carbocycles. The van der Waals surface area contributed by atoms with Gasteiger partial charge in [-0.3, -0.25) is 4.79 Å². The fraction of sp³-hybridized carbons (Fsp3) is 0.611. The van der Waals surface area contributed by atoms with Gasteiger partial charge in [-0.1, -0.05) is 24.6 Å². The Labute approximate surface area is 133 Å². The van der Waals surface area contributed by atoms with Crippen LogP contribution in [0, 0.1) is 0 Å². The summed E-state index contributed by atoms with van der Waals surface area (Å²) in [6.45, 7) is 4.44. The second-order valence-electron chi connectivity index (χ2n) is 5.95. The van der Waals surface area contributed by atoms with Crippen molar-refractivity contribution in [3.63, 3.8) is 0 Å². The molecule has 1 saturated heterocycles. The molecule has 1 aromatic carbocycles. The van der Waals surface area contributed by atoms with Crippen LogP contribution in [0.4, 0.5) is 0 Å². The van der Waals surface area contributed by atoms with E-state index in [2.05, 4.69) is 10.2 Å². The summed E-state index contributed by atoms with van der Waals surface area (Å²) in [6.07, 6.45) is 6.67. The van der Waals surface area contributed by atoms with E-state index in [-0.39, 0.29) is 5.91 Å². The van der Waals surface area contributed by atoms with Crippen molar-refractivity contribution < 1.29 is 9.53 Å². The van der Waals surface area contributed by atoms with Crippen LogP contribution in [-0.4, -0.2) is 44.1 Å². The second kappa shape index (κ2) is 9.46. The molecule has 1 N–H and O–H groups in total. The van der Waals surface area contributed by atoms with Crippen molar-refractivity contribution in [3.05, 3.63) is 29.8 Å². The molecular weight excluding hydrogens is 276 g/mol. The fourth-order valence-electron chi connectivity index (χ4n) is 2.96. The van der Waals surface area contributed by atoms with Crippen LogP contribution in [0.3, 0.4) is 0 Å². The lowest BCUT2D eigenvalue weighted by Gasteiger charge is -2.26. The Morgan fingerprint density at radius 1 is 1.18 bits per heavy atom. The molecule has 2 rings (SSSR count). The number of rotatable bonds is 8. The van der Waals surface area contributed by atoms with Gasteiger partial charge in [0.25, 0.3) is 0 Å². The largest absolute Gasteiger partial charge is 0.496 e. The Morgan fingerprint density at radius 2 is 1.95 bits per heavy atom. The van der Waals surface area contributed by atoms with Crippen molar-refractivity contribution in [1.29, 1.82) is 0 Å². The number of ether oxygens (including phenoxy) is 1. The van der Waals surface area contributed by atoms with Gasteiger partial charge in [0.1, 0.15) is 5.75 Å². The number of carbonyl (C=O) groups is 1. The van der Waals surface area contributed by atoms with Gasteiger partial charge in [-0.15, -0.1) is 0 Å². The number of hydrogen-bond acceptors (Lipinski definition) is 3. The van der Waals surface area contributed by atoms with Crippen molar-refractivity contribution in [3.8, 4) is 5.75 Å². The lowest BCUT2D eigenvalue weighted by Crippen LogP contribution is -2.31. The molecule has 0 radical (unpaired) electrons. The molecule has 0 spiro atoms. The minimum absolute atomic E-state index is 0.0717. The molecule has 1 fully saturated rings. The highest BCUT2D eigenvalue weighted by Gasteiger charge is 2.10. The molecule has 4 nitrogen and oxygen atoms in total. The summed E-state index contributed by atoms with van der Waals surface area (Å²) >= 11 is 0. The third-order valence-electron chi connectivity index (χ3n) is 4.22. The standard InChI is InChI=1S/C18H28N2O2/c1-22-17-10-4-3-9-16(17)15-18(21)19-11-5-8-14-20-12-6-2-7-13-20/h3-4,9-10H,2,5-8,11-15H2,1H3,(H,19,21). The Kier molecular flexibility index (Phi) is 7.23. The number of carbonyl (C=O) groups excluding carboxylic acids is 1. The normalized spacial score (nSPS) is 15.5. The van der Waals surface area contributed by atoms with Crippen LogP contribution in [0.5, 0.6) is 5.75 Å². The summed E-state index contributed by atoms with van der Waals surface area (Å²) in [7, 11) is 1.64. The van der Waals surface area contributed by atoms with Gasteiger partial charge in [-0.25, -0.2) is 0 Å². The number of methoxy groups -OCH3 is 1. The van der Waals surface area contributed by atoms with E-state index in [1.807, 2.05) is 24.3 Å². The highest BCUT2D eigenvalue weighted by molar-refractivity contribution is 5.79. The number of likely N-dealkylation sites (tertiary alicyclic amines) is 1. The first-order valence-electron chi connectivity index (χ1n) is 8.40. The van der Waals surface area contributed by atoms with Gasteiger partial charge >= 0.3 is 0 Å². The number of piperidine rings is 1. The lowest BCUT2D eigenvalue weighted by atomic mass is 10.1. The van der Waals surface area contributed by atoms with Crippen molar-refractivity contribution in [1.82, 2.24) is 10.2 Å². The van der Waals surface area contributed by atoms with Crippen LogP contribution in [0.2, 0.25) is 0 Å². The number of nitrogens with zero attached hydrogens (tertiary/aromatic N) is 1. The summed E-state index contributed by atoms with van der Waals surface area (Å²) in [5.41, 5.74) is 0.941. The molecule has 0 unspecified atom stereocenters. The van der Waals surface area contributed by atoms with Gasteiger partial charge in [-0.05, 0) is 51.4 Å². The monoisotopic (exact) mass is 304 g/mol. The smallest absolute Gasteiger partial charge is 0.224 e. The molecule has 0 bridgehead atoms. The highest BCUT2D eigenvalue weighted by atomic mass is 16.5. The van der Waals surface area contributed by atoms with Crippen molar-refractivity contribution >= 4 is 5.91 Å². The molecular formula is C18H28N2O2. The minimum atomic E-state index is 0.0717. The van der Waals surface area contributed by atoms with E-state index in [1.54, 1.807) is 7.11 Å². The zero-order valence-corrected chi connectivity index (χ0v) is 13.6. The van der Waals surface area contributed by atoms with Crippen molar-refractivity contribution in [2.75, 3.05) is 33.3 Å². The van der Waals surface area contributed by atoms with Crippen LogP contribution >= 0.6 is 0 Å². The molecule has 22 heavy (non-hydrogen) atoms. The first kappa shape index (κ1) is 16.8. The summed E-state index contributed by atoms with van der Waals surface area (Å²) in [5, 5.41) is 3.01. The van der Waals surface area contributed by atoms with Crippen LogP contribution in [-0.2, 0) is 11.2 Å². The molecule has 1 heterocycles. The Bertz CT molecular complexity index is 456. The molecule has 0 saturated carbocycles. The Balaban J connectivity index is 1.59. The topological polar surface area (TPSA) is 41.6 Å². The number of unbranched alkanes of at least 4 members (excludes halogenated alkanes) is 1. The number of nitrogens with one attached hydrogen (secondary N) is 1. The van der Waals surface area contributed by atoms with Gasteiger partial charge < -0.3 is 15.0 Å². The maximum atomic E-state index is 12.0. The lowest BCUT2D eigenvalue weighted by molar-refractivity contribution is -0.120. The summed E-state index contributed by atoms with van der Waals surface area (Å²) in [5.74, 6) is 0.852. The minimum Gasteiger partial charge on any atom is -0.496 e. The maximum Gasteiger partial charge on any atom is 0.224 e. The van der Waals surface area contributed by atoms with Gasteiger partial charge in [0, 0.05) is 12.1 Å². The van der Waals surface area contributed by atoms with E-state index >= 15 is 0 Å². The number of benzene rings is 1. The van der Waals surface area contributed by atoms with E-state index in [1.165, 1.54) is 38.9 Å². The maximum absolute atomic E-state index is 12.0. The second-order valence-corrected chi connectivity index (χ2v) is 5.95. The molecule has 1 amide bonds. The quantitative estimate of drug-likeness (QED) is 0.751. The van der Waals surface area contributed by atoms with Gasteiger partial charge in [0.05, 0.1) is 13.5 Å². The molecule has 1 aliphatic rings. The van der Waals surface area contributed by atoms with Crippen molar-refractivity contribution in [2.24, 2.45) is 0 Å². The fourth-order valence-corrected chi connectivity index (χ4v) is 2.96. The summed E-state index contributed by atoms with van der Waals surface area (Å²) < 4.78 is 5.27. The predicted molar refractivity (Wildman–Crippen MR) is 89.2 cm³/mol. The molecule has 0 aromatic heterocycles. The van der Waals surface area contributed by atoms with Crippen LogP contribution in [0.1, 0.15) is 37.7 Å². The van der Waals surface area contributed by atoms with Crippen molar-refractivity contribution in [2.45, 2.75) is 38.5 Å². The average Bonchev–Trinajstić information content (AvgIpc) is 2.56. The Morgan fingerprint density at radius 3 is 2.73 bits per heavy atom. The van der Waals surface area contributed by atoms with Crippen LogP contribution in [0.15, 0.2) is 24.3 Å². The number of hydrogen-bond donors (Lipinski definition) is 1. The average molecular weight is 304 g/mol. The third-order valence-corrected chi connectivity index (χ3v) is 4.22. The van der Waals surface area contributed by atoms with E-state index in [0.717, 1.165) is 30.7 Å². The highest BCUT2D eigenvalue weighted by Crippen LogP contribution is 2.17. The molecule has 0 atom stereocenters. The van der Waals surface area contributed by atoms with E-state index in [9.17, 15) is 4.79 Å². The summed E-state index contributed by atoms with van der Waals surface area (Å²) in [4.78, 5) is 14.5. The zero-order valence-electron chi connectivity index (χ0n) is 13.6. The van der Waals surface area contributed by atoms with E-state index < -0.39 is 0 Å². The molecule has 122 valence electrons. The first-order valence-corrected chi connectivity index (χ1v) is 8.40. The summed E-state index contributed by atoms with van der Waals surface area (Å²) in [6, 6.07) is 7.68. The predicted octanol–water partition coefficient (Wildman–Crippen LogP) is 2.62. The Hall–Kier alpha value is -1.55. The van der Waals surface area contributed by atoms with Crippen LogP contribution < -0.4 is 10.1 Å². The van der Waals surface area contributed by atoms with Gasteiger partial charge in [0.15, 0.2) is 0 Å².